The highest BCUT2D eigenvalue weighted by Gasteiger charge is 2.41. The molecule has 1 saturated heterocycles. The molecule has 0 aliphatic carbocycles. The van der Waals surface area contributed by atoms with Crippen molar-refractivity contribution in [3.8, 4) is 0 Å². The van der Waals surface area contributed by atoms with E-state index >= 15 is 0 Å². The Bertz CT molecular complexity index is 849. The number of hydrogen-bond donors (Lipinski definition) is 0. The maximum atomic E-state index is 12.8. The Hall–Kier alpha value is -3.06. The predicted molar refractivity (Wildman–Crippen MR) is 95.3 cm³/mol. The molecule has 2 aliphatic rings. The largest absolute Gasteiger partial charge is 0.350 e. The average Bonchev–Trinajstić information content (AvgIpc) is 2.94. The second kappa shape index (κ2) is 7.28. The number of amides is 2. The van der Waals surface area contributed by atoms with E-state index in [1.54, 1.807) is 30.5 Å². The van der Waals surface area contributed by atoms with E-state index in [1.165, 1.54) is 0 Å². The van der Waals surface area contributed by atoms with E-state index in [2.05, 4.69) is 4.98 Å². The van der Waals surface area contributed by atoms with Gasteiger partial charge in [0, 0.05) is 12.7 Å². The molecule has 0 bridgehead atoms. The molecule has 2 aromatic rings. The van der Waals surface area contributed by atoms with E-state index in [0.717, 1.165) is 25.1 Å². The van der Waals surface area contributed by atoms with E-state index < -0.39 is 23.8 Å². The summed E-state index contributed by atoms with van der Waals surface area (Å²) in [5.41, 5.74) is 1.37. The Balaban J connectivity index is 1.48. The van der Waals surface area contributed by atoms with E-state index in [1.807, 2.05) is 23.1 Å². The van der Waals surface area contributed by atoms with Crippen LogP contribution < -0.4 is 0 Å². The quantitative estimate of drug-likeness (QED) is 0.773. The SMILES string of the molecule is O=C(ON1C(=O)c2ccccc2C1=O)C1CCCCN1Cc1ccccn1. The maximum Gasteiger partial charge on any atom is 0.350 e. The summed E-state index contributed by atoms with van der Waals surface area (Å²) in [5.74, 6) is -1.78. The zero-order valence-corrected chi connectivity index (χ0v) is 14.7. The molecule has 1 fully saturated rings. The van der Waals surface area contributed by atoms with Crippen molar-refractivity contribution in [1.82, 2.24) is 14.9 Å². The summed E-state index contributed by atoms with van der Waals surface area (Å²) >= 11 is 0. The smallest absolute Gasteiger partial charge is 0.328 e. The Morgan fingerprint density at radius 1 is 1.04 bits per heavy atom. The molecule has 1 atom stereocenters. The lowest BCUT2D eigenvalue weighted by atomic mass is 10.0. The molecule has 0 saturated carbocycles. The molecule has 1 aromatic heterocycles. The molecule has 0 spiro atoms. The standard InChI is InChI=1S/C20H19N3O4/c24-18-15-8-1-2-9-16(15)19(25)23(18)27-20(26)17-10-4-6-12-22(17)13-14-7-3-5-11-21-14/h1-3,5,7-9,11,17H,4,6,10,12-13H2. The molecule has 1 aromatic carbocycles. The van der Waals surface area contributed by atoms with Crippen molar-refractivity contribution in [3.63, 3.8) is 0 Å². The van der Waals surface area contributed by atoms with Crippen LogP contribution in [0.3, 0.4) is 0 Å². The molecular formula is C20H19N3O4. The number of carbonyl (C=O) groups excluding carboxylic acids is 3. The molecule has 2 aliphatic heterocycles. The summed E-state index contributed by atoms with van der Waals surface area (Å²) in [6, 6.07) is 11.6. The summed E-state index contributed by atoms with van der Waals surface area (Å²) < 4.78 is 0. The van der Waals surface area contributed by atoms with Crippen molar-refractivity contribution in [2.24, 2.45) is 0 Å². The third-order valence-electron chi connectivity index (χ3n) is 4.92. The fourth-order valence-electron chi connectivity index (χ4n) is 3.55. The normalized spacial score (nSPS) is 19.9. The molecule has 0 N–H and O–H groups in total. The van der Waals surface area contributed by atoms with Crippen molar-refractivity contribution in [2.45, 2.75) is 31.8 Å². The summed E-state index contributed by atoms with van der Waals surface area (Å²) in [7, 11) is 0. The molecule has 138 valence electrons. The topological polar surface area (TPSA) is 79.8 Å². The fraction of sp³-hybridized carbons (Fsp3) is 0.300. The van der Waals surface area contributed by atoms with Crippen LogP contribution in [-0.2, 0) is 16.2 Å². The fourth-order valence-corrected chi connectivity index (χ4v) is 3.55. The molecule has 7 nitrogen and oxygen atoms in total. The summed E-state index contributed by atoms with van der Waals surface area (Å²) in [4.78, 5) is 49.1. The van der Waals surface area contributed by atoms with E-state index in [0.29, 0.717) is 18.0 Å². The van der Waals surface area contributed by atoms with Gasteiger partial charge in [-0.25, -0.2) is 4.79 Å². The van der Waals surface area contributed by atoms with Crippen molar-refractivity contribution in [2.75, 3.05) is 6.54 Å². The van der Waals surface area contributed by atoms with Crippen molar-refractivity contribution in [3.05, 3.63) is 65.5 Å². The molecule has 4 rings (SSSR count). The van der Waals surface area contributed by atoms with E-state index in [9.17, 15) is 14.4 Å². The van der Waals surface area contributed by atoms with Gasteiger partial charge in [-0.3, -0.25) is 19.5 Å². The van der Waals surface area contributed by atoms with Crippen LogP contribution >= 0.6 is 0 Å². The Morgan fingerprint density at radius 3 is 2.41 bits per heavy atom. The lowest BCUT2D eigenvalue weighted by Crippen LogP contribution is -2.47. The summed E-state index contributed by atoms with van der Waals surface area (Å²) in [5, 5.41) is 0.584. The number of hydroxylamine groups is 2. The predicted octanol–water partition coefficient (Wildman–Crippen LogP) is 2.19. The van der Waals surface area contributed by atoms with Crippen LogP contribution in [0.15, 0.2) is 48.7 Å². The number of likely N-dealkylation sites (tertiary alicyclic amines) is 1. The van der Waals surface area contributed by atoms with Crippen molar-refractivity contribution >= 4 is 17.8 Å². The molecule has 0 radical (unpaired) electrons. The zero-order valence-electron chi connectivity index (χ0n) is 14.7. The third-order valence-corrected chi connectivity index (χ3v) is 4.92. The third kappa shape index (κ3) is 3.33. The highest BCUT2D eigenvalue weighted by molar-refractivity contribution is 6.20. The lowest BCUT2D eigenvalue weighted by Gasteiger charge is -2.33. The van der Waals surface area contributed by atoms with Gasteiger partial charge in [0.15, 0.2) is 0 Å². The van der Waals surface area contributed by atoms with Gasteiger partial charge in [-0.2, -0.15) is 0 Å². The Labute approximate surface area is 156 Å². The molecule has 27 heavy (non-hydrogen) atoms. The Morgan fingerprint density at radius 2 is 1.74 bits per heavy atom. The van der Waals surface area contributed by atoms with Crippen molar-refractivity contribution in [1.29, 1.82) is 0 Å². The van der Waals surface area contributed by atoms with Crippen LogP contribution in [0.2, 0.25) is 0 Å². The maximum absolute atomic E-state index is 12.8. The molecule has 3 heterocycles. The number of rotatable bonds is 4. The number of pyridine rings is 1. The first-order valence-electron chi connectivity index (χ1n) is 8.99. The van der Waals surface area contributed by atoms with Gasteiger partial charge in [-0.05, 0) is 43.7 Å². The minimum atomic E-state index is -0.601. The molecule has 7 heteroatoms. The molecular weight excluding hydrogens is 346 g/mol. The highest BCUT2D eigenvalue weighted by Crippen LogP contribution is 2.25. The number of nitrogens with zero attached hydrogens (tertiary/aromatic N) is 3. The van der Waals surface area contributed by atoms with Gasteiger partial charge in [0.1, 0.15) is 6.04 Å². The number of benzene rings is 1. The van der Waals surface area contributed by atoms with Gasteiger partial charge in [0.25, 0.3) is 11.8 Å². The number of fused-ring (bicyclic) bond motifs is 1. The first-order valence-corrected chi connectivity index (χ1v) is 8.99. The number of imide groups is 1. The first-order chi connectivity index (χ1) is 13.1. The number of hydrogen-bond acceptors (Lipinski definition) is 6. The summed E-state index contributed by atoms with van der Waals surface area (Å²) in [6.07, 6.45) is 4.20. The minimum absolute atomic E-state index is 0.254. The zero-order chi connectivity index (χ0) is 18.8. The van der Waals surface area contributed by atoms with Crippen LogP contribution in [0.1, 0.15) is 45.7 Å². The van der Waals surface area contributed by atoms with Crippen LogP contribution in [0.25, 0.3) is 0 Å². The molecule has 1 unspecified atom stereocenters. The second-order valence-corrected chi connectivity index (χ2v) is 6.66. The van der Waals surface area contributed by atoms with Crippen LogP contribution in [-0.4, -0.2) is 45.3 Å². The number of piperidine rings is 1. The van der Waals surface area contributed by atoms with Gasteiger partial charge >= 0.3 is 5.97 Å². The van der Waals surface area contributed by atoms with Crippen LogP contribution in [0.5, 0.6) is 0 Å². The van der Waals surface area contributed by atoms with Crippen LogP contribution in [0.4, 0.5) is 0 Å². The second-order valence-electron chi connectivity index (χ2n) is 6.66. The Kier molecular flexibility index (Phi) is 4.68. The van der Waals surface area contributed by atoms with Gasteiger partial charge in [-0.15, -0.1) is 0 Å². The van der Waals surface area contributed by atoms with E-state index in [4.69, 9.17) is 4.84 Å². The number of carbonyl (C=O) groups is 3. The van der Waals surface area contributed by atoms with Gasteiger partial charge in [-0.1, -0.05) is 29.7 Å². The lowest BCUT2D eigenvalue weighted by molar-refractivity contribution is -0.176. The monoisotopic (exact) mass is 365 g/mol. The molecule has 2 amide bonds. The van der Waals surface area contributed by atoms with Crippen molar-refractivity contribution < 1.29 is 19.2 Å². The van der Waals surface area contributed by atoms with Crippen LogP contribution in [0, 0.1) is 0 Å². The average molecular weight is 365 g/mol. The number of aromatic nitrogens is 1. The highest BCUT2D eigenvalue weighted by atomic mass is 16.7. The first kappa shape index (κ1) is 17.4. The van der Waals surface area contributed by atoms with E-state index in [-0.39, 0.29) is 11.1 Å². The summed E-state index contributed by atoms with van der Waals surface area (Å²) in [6.45, 7) is 1.25. The van der Waals surface area contributed by atoms with Gasteiger partial charge in [0.2, 0.25) is 0 Å². The van der Waals surface area contributed by atoms with Gasteiger partial charge in [0.05, 0.1) is 16.8 Å². The minimum Gasteiger partial charge on any atom is -0.328 e. The van der Waals surface area contributed by atoms with Gasteiger partial charge < -0.3 is 4.84 Å².